The second kappa shape index (κ2) is 8.83. The lowest BCUT2D eigenvalue weighted by molar-refractivity contribution is -0.145. The lowest BCUT2D eigenvalue weighted by Gasteiger charge is -2.43. The van der Waals surface area contributed by atoms with Crippen molar-refractivity contribution in [2.24, 2.45) is 11.8 Å². The van der Waals surface area contributed by atoms with Gasteiger partial charge in [0.25, 0.3) is 0 Å². The van der Waals surface area contributed by atoms with Crippen molar-refractivity contribution in [1.29, 1.82) is 0 Å². The molecule has 1 aliphatic carbocycles. The molecule has 0 aromatic carbocycles. The van der Waals surface area contributed by atoms with Crippen LogP contribution in [0.3, 0.4) is 0 Å². The van der Waals surface area contributed by atoms with Gasteiger partial charge in [0, 0.05) is 0 Å². The minimum Gasteiger partial charge on any atom is -0.466 e. The Balaban J connectivity index is 3.12. The summed E-state index contributed by atoms with van der Waals surface area (Å²) in [6.07, 6.45) is 1.49. The Kier molecular flexibility index (Phi) is 7.84. The number of rotatable bonds is 7. The Labute approximate surface area is 160 Å². The minimum atomic E-state index is -1.94. The van der Waals surface area contributed by atoms with Crippen molar-refractivity contribution < 1.29 is 18.8 Å². The Morgan fingerprint density at radius 2 is 1.81 bits per heavy atom. The fourth-order valence-electron chi connectivity index (χ4n) is 3.11. The Morgan fingerprint density at radius 1 is 1.23 bits per heavy atom. The van der Waals surface area contributed by atoms with E-state index >= 15 is 0 Å². The van der Waals surface area contributed by atoms with E-state index in [1.807, 2.05) is 6.92 Å². The molecule has 150 valence electrons. The largest absolute Gasteiger partial charge is 0.466 e. The third-order valence-corrected chi connectivity index (χ3v) is 10.6. The topological polar surface area (TPSA) is 52.6 Å². The van der Waals surface area contributed by atoms with Gasteiger partial charge in [-0.3, -0.25) is 9.59 Å². The number of allylic oxidation sites excluding steroid dienone is 1. The van der Waals surface area contributed by atoms with Crippen molar-refractivity contribution >= 4 is 20.1 Å². The Hall–Kier alpha value is -0.943. The number of ether oxygens (including phenoxy) is 1. The van der Waals surface area contributed by atoms with Gasteiger partial charge in [-0.05, 0) is 67.8 Å². The third kappa shape index (κ3) is 5.78. The van der Waals surface area contributed by atoms with Gasteiger partial charge in [-0.15, -0.1) is 0 Å². The van der Waals surface area contributed by atoms with Crippen LogP contribution in [0.15, 0.2) is 11.1 Å². The zero-order chi connectivity index (χ0) is 20.3. The molecule has 0 saturated carbocycles. The van der Waals surface area contributed by atoms with Gasteiger partial charge in [0.2, 0.25) is 0 Å². The van der Waals surface area contributed by atoms with Crippen LogP contribution in [-0.4, -0.2) is 32.8 Å². The van der Waals surface area contributed by atoms with E-state index in [-0.39, 0.29) is 23.3 Å². The van der Waals surface area contributed by atoms with Crippen LogP contribution < -0.4 is 0 Å². The maximum absolute atomic E-state index is 12.8. The van der Waals surface area contributed by atoms with Crippen LogP contribution in [-0.2, 0) is 18.8 Å². The first-order chi connectivity index (χ1) is 11.8. The second-order valence-electron chi connectivity index (χ2n) is 9.38. The van der Waals surface area contributed by atoms with Gasteiger partial charge in [0.15, 0.2) is 14.1 Å². The summed E-state index contributed by atoms with van der Waals surface area (Å²) in [5.74, 6) is 0.329. The summed E-state index contributed by atoms with van der Waals surface area (Å²) < 4.78 is 11.6. The second-order valence-corrected chi connectivity index (χ2v) is 14.1. The summed E-state index contributed by atoms with van der Waals surface area (Å²) in [6.45, 7) is 19.6. The number of hydrogen-bond acceptors (Lipinski definition) is 4. The van der Waals surface area contributed by atoms with Crippen molar-refractivity contribution in [3.63, 3.8) is 0 Å². The van der Waals surface area contributed by atoms with E-state index in [0.29, 0.717) is 18.4 Å². The molecular weight excluding hydrogens is 344 g/mol. The molecular formula is C21H38O4Si. The fourth-order valence-corrected chi connectivity index (χ4v) is 4.45. The van der Waals surface area contributed by atoms with Crippen LogP contribution in [0.2, 0.25) is 18.1 Å². The molecule has 4 nitrogen and oxygen atoms in total. The molecule has 0 unspecified atom stereocenters. The Bertz CT molecular complexity index is 555. The lowest BCUT2D eigenvalue weighted by Crippen LogP contribution is -2.46. The summed E-state index contributed by atoms with van der Waals surface area (Å²) >= 11 is 0. The summed E-state index contributed by atoms with van der Waals surface area (Å²) in [7, 11) is -1.94. The van der Waals surface area contributed by atoms with Gasteiger partial charge in [-0.25, -0.2) is 0 Å². The molecule has 0 aromatic rings. The summed E-state index contributed by atoms with van der Waals surface area (Å²) in [5.41, 5.74) is 1.80. The molecule has 2 atom stereocenters. The molecule has 0 amide bonds. The molecule has 0 radical (unpaired) electrons. The zero-order valence-corrected chi connectivity index (χ0v) is 19.2. The quantitative estimate of drug-likeness (QED) is 0.341. The summed E-state index contributed by atoms with van der Waals surface area (Å²) in [4.78, 5) is 24.5. The standard InChI is InChI=1S/C21H38O4Si/c1-10-24-20(23)13-18(22)17-11-16(14(2)3)12-19(15(17)4)25-26(8,9)21(5,6)7/h14,16,19H,10-13H2,1-9H3/t16-,19-/m0/s1. The van der Waals surface area contributed by atoms with Gasteiger partial charge in [0.1, 0.15) is 6.42 Å². The third-order valence-electron chi connectivity index (χ3n) is 6.07. The van der Waals surface area contributed by atoms with E-state index < -0.39 is 14.3 Å². The number of Topliss-reactive ketones (excluding diaryl/α,β-unsaturated/α-hetero) is 1. The molecule has 5 heteroatoms. The average Bonchev–Trinajstić information content (AvgIpc) is 2.47. The molecule has 0 heterocycles. The fraction of sp³-hybridized carbons (Fsp3) is 0.810. The molecule has 0 saturated heterocycles. The maximum Gasteiger partial charge on any atom is 0.313 e. The van der Waals surface area contributed by atoms with Crippen molar-refractivity contribution in [3.8, 4) is 0 Å². The monoisotopic (exact) mass is 382 g/mol. The van der Waals surface area contributed by atoms with Gasteiger partial charge in [-0.1, -0.05) is 34.6 Å². The molecule has 0 aromatic heterocycles. The van der Waals surface area contributed by atoms with Crippen LogP contribution in [0, 0.1) is 11.8 Å². The van der Waals surface area contributed by atoms with Crippen molar-refractivity contribution in [1.82, 2.24) is 0 Å². The van der Waals surface area contributed by atoms with Crippen molar-refractivity contribution in [2.75, 3.05) is 6.61 Å². The van der Waals surface area contributed by atoms with E-state index in [2.05, 4.69) is 47.7 Å². The molecule has 0 spiro atoms. The normalized spacial score (nSPS) is 21.9. The maximum atomic E-state index is 12.8. The van der Waals surface area contributed by atoms with Crippen LogP contribution in [0.4, 0.5) is 0 Å². The van der Waals surface area contributed by atoms with Crippen LogP contribution >= 0.6 is 0 Å². The molecule has 0 aliphatic heterocycles. The van der Waals surface area contributed by atoms with Crippen molar-refractivity contribution in [2.45, 2.75) is 92.0 Å². The first-order valence-corrected chi connectivity index (χ1v) is 12.8. The van der Waals surface area contributed by atoms with E-state index in [1.165, 1.54) is 0 Å². The van der Waals surface area contributed by atoms with E-state index in [0.717, 1.165) is 24.0 Å². The zero-order valence-electron chi connectivity index (χ0n) is 18.2. The molecule has 1 aliphatic rings. The predicted molar refractivity (Wildman–Crippen MR) is 109 cm³/mol. The van der Waals surface area contributed by atoms with Crippen molar-refractivity contribution in [3.05, 3.63) is 11.1 Å². The highest BCUT2D eigenvalue weighted by Gasteiger charge is 2.42. The molecule has 1 rings (SSSR count). The van der Waals surface area contributed by atoms with Gasteiger partial charge in [-0.2, -0.15) is 0 Å². The minimum absolute atomic E-state index is 0.0295. The molecule has 0 N–H and O–H groups in total. The van der Waals surface area contributed by atoms with Crippen LogP contribution in [0.25, 0.3) is 0 Å². The highest BCUT2D eigenvalue weighted by molar-refractivity contribution is 6.74. The average molecular weight is 383 g/mol. The SMILES string of the molecule is CCOC(=O)CC(=O)C1=C(C)[C@@H](O[Si](C)(C)C(C)(C)C)C[C@@H](C(C)C)C1. The Morgan fingerprint density at radius 3 is 2.27 bits per heavy atom. The van der Waals surface area contributed by atoms with E-state index in [1.54, 1.807) is 6.92 Å². The van der Waals surface area contributed by atoms with Gasteiger partial charge < -0.3 is 9.16 Å². The van der Waals surface area contributed by atoms with E-state index in [4.69, 9.17) is 9.16 Å². The molecule has 0 fully saturated rings. The molecule has 26 heavy (non-hydrogen) atoms. The number of hydrogen-bond donors (Lipinski definition) is 0. The van der Waals surface area contributed by atoms with Crippen LogP contribution in [0.5, 0.6) is 0 Å². The first-order valence-electron chi connectivity index (χ1n) is 9.86. The highest BCUT2D eigenvalue weighted by atomic mass is 28.4. The smallest absolute Gasteiger partial charge is 0.313 e. The number of carbonyl (C=O) groups is 2. The highest BCUT2D eigenvalue weighted by Crippen LogP contribution is 2.42. The summed E-state index contributed by atoms with van der Waals surface area (Å²) in [5, 5.41) is 0.118. The summed E-state index contributed by atoms with van der Waals surface area (Å²) in [6, 6.07) is 0. The van der Waals surface area contributed by atoms with E-state index in [9.17, 15) is 9.59 Å². The first kappa shape index (κ1) is 23.1. The number of esters is 1. The predicted octanol–water partition coefficient (Wildman–Crippen LogP) is 5.28. The van der Waals surface area contributed by atoms with Crippen LogP contribution in [0.1, 0.15) is 67.7 Å². The molecule has 0 bridgehead atoms. The number of carbonyl (C=O) groups excluding carboxylic acids is 2. The van der Waals surface area contributed by atoms with Gasteiger partial charge >= 0.3 is 5.97 Å². The lowest BCUT2D eigenvalue weighted by atomic mass is 9.76. The number of ketones is 1. The van der Waals surface area contributed by atoms with Gasteiger partial charge in [0.05, 0.1) is 12.7 Å².